The van der Waals surface area contributed by atoms with E-state index >= 15 is 0 Å². The largest absolute Gasteiger partial charge is 0.573 e. The Labute approximate surface area is 169 Å². The minimum atomic E-state index is -4.86. The number of rotatable bonds is 5. The minimum Gasteiger partial charge on any atom is -0.406 e. The van der Waals surface area contributed by atoms with Gasteiger partial charge in [0, 0.05) is 6.54 Å². The lowest BCUT2D eigenvalue weighted by molar-refractivity contribution is -0.274. The molecule has 0 aromatic heterocycles. The van der Waals surface area contributed by atoms with Gasteiger partial charge in [0.2, 0.25) is 10.0 Å². The van der Waals surface area contributed by atoms with E-state index in [0.29, 0.717) is 35.1 Å². The van der Waals surface area contributed by atoms with Crippen molar-refractivity contribution in [2.75, 3.05) is 13.1 Å². The molecular weight excluding hydrogens is 440 g/mol. The van der Waals surface area contributed by atoms with Crippen LogP contribution in [0.25, 0.3) is 0 Å². The van der Waals surface area contributed by atoms with Crippen molar-refractivity contribution in [3.05, 3.63) is 58.1 Å². The number of nitrogens with one attached hydrogen (secondary N) is 2. The predicted octanol–water partition coefficient (Wildman–Crippen LogP) is 4.06. The average Bonchev–Trinajstić information content (AvgIpc) is 3.05. The molecule has 11 heteroatoms. The normalized spacial score (nSPS) is 20.3. The van der Waals surface area contributed by atoms with E-state index in [9.17, 15) is 21.6 Å². The zero-order chi connectivity index (χ0) is 20.6. The summed E-state index contributed by atoms with van der Waals surface area (Å²) in [7, 11) is -4.04. The van der Waals surface area contributed by atoms with E-state index in [1.807, 2.05) is 0 Å². The van der Waals surface area contributed by atoms with Crippen LogP contribution in [0.3, 0.4) is 0 Å². The third-order valence-corrected chi connectivity index (χ3v) is 6.62. The van der Waals surface area contributed by atoms with E-state index in [1.165, 1.54) is 0 Å². The van der Waals surface area contributed by atoms with Gasteiger partial charge in [-0.1, -0.05) is 29.3 Å². The van der Waals surface area contributed by atoms with Crippen LogP contribution in [-0.2, 0) is 15.6 Å². The Morgan fingerprint density at radius 3 is 2.29 bits per heavy atom. The molecule has 0 radical (unpaired) electrons. The highest BCUT2D eigenvalue weighted by atomic mass is 35.5. The molecule has 0 saturated carbocycles. The van der Waals surface area contributed by atoms with Crippen molar-refractivity contribution in [1.29, 1.82) is 0 Å². The number of alkyl halides is 3. The molecule has 2 aromatic rings. The van der Waals surface area contributed by atoms with Crippen molar-refractivity contribution in [3.63, 3.8) is 0 Å². The van der Waals surface area contributed by atoms with Crippen molar-refractivity contribution < 1.29 is 26.3 Å². The van der Waals surface area contributed by atoms with Crippen LogP contribution < -0.4 is 14.8 Å². The maximum absolute atomic E-state index is 12.9. The summed E-state index contributed by atoms with van der Waals surface area (Å²) in [6, 6.07) is 8.85. The van der Waals surface area contributed by atoms with Crippen molar-refractivity contribution in [1.82, 2.24) is 10.0 Å². The van der Waals surface area contributed by atoms with E-state index in [0.717, 1.165) is 24.3 Å². The Hall–Kier alpha value is -1.52. The molecule has 2 aromatic carbocycles. The van der Waals surface area contributed by atoms with Crippen molar-refractivity contribution in [3.8, 4) is 5.75 Å². The third kappa shape index (κ3) is 4.72. The van der Waals surface area contributed by atoms with Crippen LogP contribution in [0.4, 0.5) is 13.2 Å². The second-order valence-corrected chi connectivity index (χ2v) is 8.76. The predicted molar refractivity (Wildman–Crippen MR) is 99.1 cm³/mol. The molecule has 5 nitrogen and oxygen atoms in total. The van der Waals surface area contributed by atoms with Gasteiger partial charge in [0.25, 0.3) is 0 Å². The van der Waals surface area contributed by atoms with Crippen LogP contribution >= 0.6 is 23.2 Å². The fourth-order valence-corrected chi connectivity index (χ4v) is 4.73. The zero-order valence-electron chi connectivity index (χ0n) is 14.2. The van der Waals surface area contributed by atoms with E-state index < -0.39 is 27.7 Å². The topological polar surface area (TPSA) is 67.4 Å². The minimum absolute atomic E-state index is 0.187. The lowest BCUT2D eigenvalue weighted by Crippen LogP contribution is -2.47. The lowest BCUT2D eigenvalue weighted by Gasteiger charge is -2.30. The molecule has 0 bridgehead atoms. The molecule has 28 heavy (non-hydrogen) atoms. The highest BCUT2D eigenvalue weighted by molar-refractivity contribution is 7.89. The van der Waals surface area contributed by atoms with E-state index in [1.54, 1.807) is 18.2 Å². The first-order chi connectivity index (χ1) is 13.0. The molecule has 1 heterocycles. The number of hydrogen-bond donors (Lipinski definition) is 2. The summed E-state index contributed by atoms with van der Waals surface area (Å²) in [6.45, 7) is 0.889. The molecule has 1 aliphatic heterocycles. The molecule has 0 amide bonds. The van der Waals surface area contributed by atoms with Crippen LogP contribution in [0.15, 0.2) is 47.4 Å². The molecular formula is C17H15Cl2F3N2O3S. The monoisotopic (exact) mass is 454 g/mol. The van der Waals surface area contributed by atoms with Crippen molar-refractivity contribution >= 4 is 33.2 Å². The van der Waals surface area contributed by atoms with Crippen molar-refractivity contribution in [2.45, 2.75) is 23.2 Å². The highest BCUT2D eigenvalue weighted by Gasteiger charge is 2.40. The first kappa shape index (κ1) is 21.2. The first-order valence-corrected chi connectivity index (χ1v) is 10.3. The van der Waals surface area contributed by atoms with Gasteiger partial charge in [-0.15, -0.1) is 13.2 Å². The molecule has 1 atom stereocenters. The molecule has 2 N–H and O–H groups in total. The molecule has 152 valence electrons. The number of ether oxygens (including phenoxy) is 1. The van der Waals surface area contributed by atoms with Crippen LogP contribution in [-0.4, -0.2) is 27.9 Å². The number of benzene rings is 2. The molecule has 1 saturated heterocycles. The quantitative estimate of drug-likeness (QED) is 0.714. The lowest BCUT2D eigenvalue weighted by atomic mass is 9.90. The number of sulfonamides is 1. The van der Waals surface area contributed by atoms with Gasteiger partial charge in [0.15, 0.2) is 0 Å². The van der Waals surface area contributed by atoms with Gasteiger partial charge < -0.3 is 10.1 Å². The summed E-state index contributed by atoms with van der Waals surface area (Å²) in [6.07, 6.45) is -4.40. The SMILES string of the molecule is O=S(=O)(NC1(c2ccc(Cl)c(Cl)c2)CCNC1)c1ccc(OC(F)(F)F)cc1. The summed E-state index contributed by atoms with van der Waals surface area (Å²) in [5.41, 5.74) is -0.332. The van der Waals surface area contributed by atoms with Crippen LogP contribution in [0, 0.1) is 0 Å². The summed E-state index contributed by atoms with van der Waals surface area (Å²) >= 11 is 12.0. The second-order valence-electron chi connectivity index (χ2n) is 6.26. The summed E-state index contributed by atoms with van der Waals surface area (Å²) in [5.74, 6) is -0.506. The van der Waals surface area contributed by atoms with Crippen LogP contribution in [0.5, 0.6) is 5.75 Å². The van der Waals surface area contributed by atoms with Gasteiger partial charge in [0.05, 0.1) is 20.5 Å². The Bertz CT molecular complexity index is 961. The van der Waals surface area contributed by atoms with Gasteiger partial charge >= 0.3 is 6.36 Å². The molecule has 0 spiro atoms. The summed E-state index contributed by atoms with van der Waals surface area (Å²) in [5, 5.41) is 3.74. The van der Waals surface area contributed by atoms with E-state index in [-0.39, 0.29) is 4.90 Å². The molecule has 0 aliphatic carbocycles. The fraction of sp³-hybridized carbons (Fsp3) is 0.294. The first-order valence-electron chi connectivity index (χ1n) is 8.07. The molecule has 1 fully saturated rings. The Morgan fingerprint density at radius 2 is 1.75 bits per heavy atom. The van der Waals surface area contributed by atoms with Gasteiger partial charge in [-0.05, 0) is 54.9 Å². The maximum atomic E-state index is 12.9. The van der Waals surface area contributed by atoms with E-state index in [2.05, 4.69) is 14.8 Å². The average molecular weight is 455 g/mol. The van der Waals surface area contributed by atoms with E-state index in [4.69, 9.17) is 23.2 Å². The maximum Gasteiger partial charge on any atom is 0.573 e. The Balaban J connectivity index is 1.89. The van der Waals surface area contributed by atoms with Gasteiger partial charge in [-0.3, -0.25) is 0 Å². The zero-order valence-corrected chi connectivity index (χ0v) is 16.5. The van der Waals surface area contributed by atoms with Crippen molar-refractivity contribution in [2.24, 2.45) is 0 Å². The highest BCUT2D eigenvalue weighted by Crippen LogP contribution is 2.34. The molecule has 3 rings (SSSR count). The van der Waals surface area contributed by atoms with Gasteiger partial charge in [-0.25, -0.2) is 8.42 Å². The fourth-order valence-electron chi connectivity index (χ4n) is 3.01. The second kappa shape index (κ2) is 7.72. The standard InChI is InChI=1S/C17H15Cl2F3N2O3S/c18-14-6-1-11(9-15(14)19)16(7-8-23-10-16)24-28(25,26)13-4-2-12(3-5-13)27-17(20,21)22/h1-6,9,23-24H,7-8,10H2. The summed E-state index contributed by atoms with van der Waals surface area (Å²) in [4.78, 5) is -0.187. The van der Waals surface area contributed by atoms with Gasteiger partial charge in [0.1, 0.15) is 5.75 Å². The Kier molecular flexibility index (Phi) is 5.84. The third-order valence-electron chi connectivity index (χ3n) is 4.32. The Morgan fingerprint density at radius 1 is 1.07 bits per heavy atom. The summed E-state index contributed by atoms with van der Waals surface area (Å²) < 4.78 is 68.9. The van der Waals surface area contributed by atoms with Crippen LogP contribution in [0.2, 0.25) is 10.0 Å². The van der Waals surface area contributed by atoms with Gasteiger partial charge in [-0.2, -0.15) is 4.72 Å². The number of hydrogen-bond acceptors (Lipinski definition) is 4. The smallest absolute Gasteiger partial charge is 0.406 e. The molecule has 1 unspecified atom stereocenters. The number of halogens is 5. The van der Waals surface area contributed by atoms with Crippen LogP contribution in [0.1, 0.15) is 12.0 Å². The molecule has 1 aliphatic rings.